The second-order valence-corrected chi connectivity index (χ2v) is 6.18. The van der Waals surface area contributed by atoms with Gasteiger partial charge in [-0.15, -0.1) is 0 Å². The van der Waals surface area contributed by atoms with Crippen LogP contribution in [0.4, 0.5) is 4.79 Å². The highest BCUT2D eigenvalue weighted by molar-refractivity contribution is 7.98. The Bertz CT molecular complexity index is 619. The van der Waals surface area contributed by atoms with E-state index in [4.69, 9.17) is 16.3 Å². The Morgan fingerprint density at radius 3 is 2.91 bits per heavy atom. The molecule has 0 unspecified atom stereocenters. The summed E-state index contributed by atoms with van der Waals surface area (Å²) in [4.78, 5) is 24.1. The van der Waals surface area contributed by atoms with Gasteiger partial charge in [0.15, 0.2) is 0 Å². The van der Waals surface area contributed by atoms with Crippen molar-refractivity contribution in [3.05, 3.63) is 46.1 Å². The summed E-state index contributed by atoms with van der Waals surface area (Å²) in [5.41, 5.74) is 1.62. The second-order valence-electron chi connectivity index (χ2n) is 4.75. The number of carbonyl (C=O) groups excluding carboxylic acids is 2. The summed E-state index contributed by atoms with van der Waals surface area (Å²) < 4.78 is 5.27. The number of allylic oxidation sites excluding steroid dienone is 1. The van der Waals surface area contributed by atoms with Crippen molar-refractivity contribution in [2.75, 3.05) is 18.6 Å². The molecule has 0 aromatic heterocycles. The van der Waals surface area contributed by atoms with Crippen LogP contribution in [0.1, 0.15) is 18.5 Å². The Balaban J connectivity index is 2.30. The lowest BCUT2D eigenvalue weighted by Gasteiger charge is -2.28. The third kappa shape index (κ3) is 3.96. The highest BCUT2D eigenvalue weighted by atomic mass is 35.5. The van der Waals surface area contributed by atoms with Crippen molar-refractivity contribution in [3.63, 3.8) is 0 Å². The van der Waals surface area contributed by atoms with Gasteiger partial charge in [0.1, 0.15) is 6.61 Å². The standard InChI is InChI=1S/C15H17ClN2O3S/c1-9-12(14(19)21-6-7-22-2)13(18-15(20)17-9)10-4-3-5-11(16)8-10/h3-5,8,13H,6-7H2,1-2H3,(H2,17,18,20)/t13-/m0/s1. The fraction of sp³-hybridized carbons (Fsp3) is 0.333. The van der Waals surface area contributed by atoms with E-state index in [1.165, 1.54) is 0 Å². The predicted octanol–water partition coefficient (Wildman–Crippen LogP) is 2.87. The van der Waals surface area contributed by atoms with Gasteiger partial charge in [0.05, 0.1) is 11.6 Å². The van der Waals surface area contributed by atoms with Crippen LogP contribution in [0.15, 0.2) is 35.5 Å². The molecule has 0 saturated heterocycles. The van der Waals surface area contributed by atoms with Gasteiger partial charge in [-0.2, -0.15) is 11.8 Å². The number of esters is 1. The second kappa shape index (κ2) is 7.56. The molecule has 1 aliphatic rings. The van der Waals surface area contributed by atoms with Gasteiger partial charge in [0, 0.05) is 16.5 Å². The first-order valence-electron chi connectivity index (χ1n) is 6.72. The minimum absolute atomic E-state index is 0.326. The number of benzene rings is 1. The molecule has 1 aromatic carbocycles. The number of hydrogen-bond acceptors (Lipinski definition) is 4. The molecule has 2 rings (SSSR count). The lowest BCUT2D eigenvalue weighted by molar-refractivity contribution is -0.138. The van der Waals surface area contributed by atoms with Gasteiger partial charge in [0.2, 0.25) is 0 Å². The van der Waals surface area contributed by atoms with Crippen LogP contribution in [0, 0.1) is 0 Å². The summed E-state index contributed by atoms with van der Waals surface area (Å²) in [5.74, 6) is 0.281. The Hall–Kier alpha value is -1.66. The Labute approximate surface area is 138 Å². The van der Waals surface area contributed by atoms with Gasteiger partial charge in [-0.1, -0.05) is 23.7 Å². The fourth-order valence-corrected chi connectivity index (χ4v) is 2.64. The van der Waals surface area contributed by atoms with E-state index in [-0.39, 0.29) is 6.03 Å². The van der Waals surface area contributed by atoms with Crippen LogP contribution in [0.3, 0.4) is 0 Å². The normalized spacial score (nSPS) is 17.8. The van der Waals surface area contributed by atoms with Crippen molar-refractivity contribution < 1.29 is 14.3 Å². The molecular weight excluding hydrogens is 324 g/mol. The monoisotopic (exact) mass is 340 g/mol. The first-order chi connectivity index (χ1) is 10.5. The van der Waals surface area contributed by atoms with Crippen molar-refractivity contribution in [3.8, 4) is 0 Å². The average molecular weight is 341 g/mol. The van der Waals surface area contributed by atoms with Gasteiger partial charge < -0.3 is 15.4 Å². The Morgan fingerprint density at radius 2 is 2.23 bits per heavy atom. The molecule has 7 heteroatoms. The fourth-order valence-electron chi connectivity index (χ4n) is 2.20. The molecule has 22 heavy (non-hydrogen) atoms. The van der Waals surface area contributed by atoms with E-state index < -0.39 is 12.0 Å². The summed E-state index contributed by atoms with van der Waals surface area (Å²) >= 11 is 7.60. The molecule has 0 bridgehead atoms. The van der Waals surface area contributed by atoms with Crippen LogP contribution in [0.5, 0.6) is 0 Å². The topological polar surface area (TPSA) is 67.4 Å². The predicted molar refractivity (Wildman–Crippen MR) is 87.9 cm³/mol. The zero-order chi connectivity index (χ0) is 16.1. The molecule has 0 aliphatic carbocycles. The molecule has 1 aliphatic heterocycles. The van der Waals surface area contributed by atoms with Crippen LogP contribution < -0.4 is 10.6 Å². The third-order valence-corrected chi connectivity index (χ3v) is 4.00. The van der Waals surface area contributed by atoms with E-state index in [0.29, 0.717) is 22.9 Å². The van der Waals surface area contributed by atoms with Gasteiger partial charge in [0.25, 0.3) is 0 Å². The number of amides is 2. The lowest BCUT2D eigenvalue weighted by atomic mass is 9.96. The minimum Gasteiger partial charge on any atom is -0.461 e. The summed E-state index contributed by atoms with van der Waals surface area (Å²) in [6.07, 6.45) is 1.94. The maximum absolute atomic E-state index is 12.3. The molecule has 0 fully saturated rings. The number of hydrogen-bond donors (Lipinski definition) is 2. The summed E-state index contributed by atoms with van der Waals surface area (Å²) in [7, 11) is 0. The number of nitrogens with one attached hydrogen (secondary N) is 2. The van der Waals surface area contributed by atoms with Crippen LogP contribution in [-0.4, -0.2) is 30.6 Å². The largest absolute Gasteiger partial charge is 0.461 e. The van der Waals surface area contributed by atoms with Crippen molar-refractivity contribution in [1.29, 1.82) is 0 Å². The van der Waals surface area contributed by atoms with Crippen LogP contribution in [0.25, 0.3) is 0 Å². The van der Waals surface area contributed by atoms with E-state index in [2.05, 4.69) is 10.6 Å². The number of halogens is 1. The van der Waals surface area contributed by atoms with Crippen molar-refractivity contribution in [1.82, 2.24) is 10.6 Å². The van der Waals surface area contributed by atoms with E-state index in [1.807, 2.05) is 12.3 Å². The minimum atomic E-state index is -0.575. The van der Waals surface area contributed by atoms with E-state index in [0.717, 1.165) is 11.3 Å². The van der Waals surface area contributed by atoms with Crippen LogP contribution >= 0.6 is 23.4 Å². The van der Waals surface area contributed by atoms with Crippen molar-refractivity contribution >= 4 is 35.4 Å². The number of urea groups is 1. The molecular formula is C15H17ClN2O3S. The van der Waals surface area contributed by atoms with E-state index >= 15 is 0 Å². The molecule has 118 valence electrons. The molecule has 1 aromatic rings. The average Bonchev–Trinajstić information content (AvgIpc) is 2.46. The SMILES string of the molecule is CSCCOC(=O)C1=C(C)NC(=O)N[C@H]1c1cccc(Cl)c1. The van der Waals surface area contributed by atoms with E-state index in [9.17, 15) is 9.59 Å². The number of thioether (sulfide) groups is 1. The van der Waals surface area contributed by atoms with Crippen LogP contribution in [0.2, 0.25) is 5.02 Å². The maximum Gasteiger partial charge on any atom is 0.338 e. The molecule has 1 heterocycles. The lowest BCUT2D eigenvalue weighted by Crippen LogP contribution is -2.45. The number of rotatable bonds is 5. The first kappa shape index (κ1) is 16.7. The van der Waals surface area contributed by atoms with Crippen molar-refractivity contribution in [2.24, 2.45) is 0 Å². The highest BCUT2D eigenvalue weighted by Gasteiger charge is 2.32. The first-order valence-corrected chi connectivity index (χ1v) is 8.50. The van der Waals surface area contributed by atoms with Gasteiger partial charge in [-0.3, -0.25) is 0 Å². The highest BCUT2D eigenvalue weighted by Crippen LogP contribution is 2.29. The number of ether oxygens (including phenoxy) is 1. The Morgan fingerprint density at radius 1 is 1.45 bits per heavy atom. The van der Waals surface area contributed by atoms with Crippen LogP contribution in [-0.2, 0) is 9.53 Å². The number of carbonyl (C=O) groups is 2. The molecule has 2 amide bonds. The van der Waals surface area contributed by atoms with Gasteiger partial charge >= 0.3 is 12.0 Å². The third-order valence-electron chi connectivity index (χ3n) is 3.19. The molecule has 0 radical (unpaired) electrons. The molecule has 0 saturated carbocycles. The molecule has 0 spiro atoms. The molecule has 1 atom stereocenters. The summed E-state index contributed by atoms with van der Waals surface area (Å²) in [5, 5.41) is 5.88. The molecule has 2 N–H and O–H groups in total. The van der Waals surface area contributed by atoms with Gasteiger partial charge in [-0.05, 0) is 30.9 Å². The quantitative estimate of drug-likeness (QED) is 0.639. The van der Waals surface area contributed by atoms with E-state index in [1.54, 1.807) is 36.9 Å². The van der Waals surface area contributed by atoms with Gasteiger partial charge in [-0.25, -0.2) is 9.59 Å². The zero-order valence-electron chi connectivity index (χ0n) is 12.3. The zero-order valence-corrected chi connectivity index (χ0v) is 13.9. The molecule has 5 nitrogen and oxygen atoms in total. The summed E-state index contributed by atoms with van der Waals surface area (Å²) in [6.45, 7) is 2.01. The Kier molecular flexibility index (Phi) is 5.74. The smallest absolute Gasteiger partial charge is 0.338 e. The van der Waals surface area contributed by atoms with Crippen molar-refractivity contribution in [2.45, 2.75) is 13.0 Å². The summed E-state index contributed by atoms with van der Waals surface area (Å²) in [6, 6.07) is 6.11. The maximum atomic E-state index is 12.3.